The van der Waals surface area contributed by atoms with E-state index in [0.29, 0.717) is 0 Å². The highest BCUT2D eigenvalue weighted by Gasteiger charge is 2.09. The van der Waals surface area contributed by atoms with E-state index in [0.717, 1.165) is 21.8 Å². The molecule has 3 rings (SSSR count). The van der Waals surface area contributed by atoms with Crippen LogP contribution in [0, 0.1) is 6.92 Å². The average molecular weight is 297 g/mol. The Kier molecular flexibility index (Phi) is 3.83. The maximum atomic E-state index is 5.46. The van der Waals surface area contributed by atoms with E-state index in [1.807, 2.05) is 35.9 Å². The Morgan fingerprint density at radius 2 is 2.14 bits per heavy atom. The molecule has 0 amide bonds. The Morgan fingerprint density at radius 3 is 2.86 bits per heavy atom. The van der Waals surface area contributed by atoms with Crippen molar-refractivity contribution in [1.82, 2.24) is 4.68 Å². The van der Waals surface area contributed by atoms with Crippen molar-refractivity contribution >= 4 is 17.6 Å². The zero-order valence-corrected chi connectivity index (χ0v) is 12.7. The van der Waals surface area contributed by atoms with Crippen LogP contribution in [0.4, 0.5) is 0 Å². The van der Waals surface area contributed by atoms with Crippen LogP contribution in [0.1, 0.15) is 11.1 Å². The molecule has 106 valence electrons. The molecule has 3 aromatic rings. The molecule has 0 radical (unpaired) electrons. The van der Waals surface area contributed by atoms with Crippen molar-refractivity contribution in [3.05, 3.63) is 64.0 Å². The number of rotatable bonds is 3. The summed E-state index contributed by atoms with van der Waals surface area (Å²) in [4.78, 5) is 5.08. The second-order valence-electron chi connectivity index (χ2n) is 4.57. The van der Waals surface area contributed by atoms with Crippen LogP contribution in [0.25, 0.3) is 11.5 Å². The number of aryl methyl sites for hydroxylation is 1. The van der Waals surface area contributed by atoms with E-state index in [4.69, 9.17) is 4.42 Å². The highest BCUT2D eigenvalue weighted by atomic mass is 32.1. The van der Waals surface area contributed by atoms with Gasteiger partial charge in [-0.2, -0.15) is 5.10 Å². The van der Waals surface area contributed by atoms with Gasteiger partial charge in [0.05, 0.1) is 12.5 Å². The molecule has 2 aromatic heterocycles. The van der Waals surface area contributed by atoms with Gasteiger partial charge in [0.15, 0.2) is 5.76 Å². The van der Waals surface area contributed by atoms with Crippen molar-refractivity contribution in [2.24, 2.45) is 10.1 Å². The van der Waals surface area contributed by atoms with E-state index >= 15 is 0 Å². The van der Waals surface area contributed by atoms with Crippen molar-refractivity contribution in [3.63, 3.8) is 0 Å². The molecule has 5 heteroatoms. The first-order chi connectivity index (χ1) is 10.3. The van der Waals surface area contributed by atoms with Gasteiger partial charge in [0.25, 0.3) is 0 Å². The predicted molar refractivity (Wildman–Crippen MR) is 85.7 cm³/mol. The fourth-order valence-corrected chi connectivity index (χ4v) is 2.82. The van der Waals surface area contributed by atoms with Gasteiger partial charge in [-0.3, -0.25) is 4.99 Å². The fraction of sp³-hybridized carbons (Fsp3) is 0.125. The maximum absolute atomic E-state index is 5.46. The number of thiazole rings is 1. The second kappa shape index (κ2) is 5.93. The molecule has 1 aromatic carbocycles. The molecule has 0 atom stereocenters. The van der Waals surface area contributed by atoms with Crippen molar-refractivity contribution in [1.29, 1.82) is 0 Å². The number of hydrogen-bond acceptors (Lipinski definition) is 4. The summed E-state index contributed by atoms with van der Waals surface area (Å²) in [5.74, 6) is 0.780. The van der Waals surface area contributed by atoms with Crippen molar-refractivity contribution in [3.8, 4) is 11.5 Å². The van der Waals surface area contributed by atoms with Gasteiger partial charge in [-0.15, -0.1) is 11.3 Å². The summed E-state index contributed by atoms with van der Waals surface area (Å²) in [7, 11) is 1.76. The fourth-order valence-electron chi connectivity index (χ4n) is 2.03. The van der Waals surface area contributed by atoms with E-state index in [2.05, 4.69) is 29.2 Å². The number of furan rings is 1. The van der Waals surface area contributed by atoms with E-state index in [9.17, 15) is 0 Å². The summed E-state index contributed by atoms with van der Waals surface area (Å²) in [6, 6.07) is 12.0. The predicted octanol–water partition coefficient (Wildman–Crippen LogP) is 3.53. The minimum atomic E-state index is 0.780. The molecule has 0 aliphatic heterocycles. The Bertz CT molecular complexity index is 825. The summed E-state index contributed by atoms with van der Waals surface area (Å²) in [6.07, 6.45) is 3.49. The molecule has 0 unspecified atom stereocenters. The highest BCUT2D eigenvalue weighted by Crippen LogP contribution is 2.20. The third-order valence-corrected chi connectivity index (χ3v) is 3.92. The summed E-state index contributed by atoms with van der Waals surface area (Å²) in [6.45, 7) is 2.07. The number of hydrogen-bond donors (Lipinski definition) is 0. The van der Waals surface area contributed by atoms with Gasteiger partial charge in [-0.05, 0) is 24.6 Å². The molecule has 0 N–H and O–H groups in total. The van der Waals surface area contributed by atoms with Crippen LogP contribution >= 0.6 is 11.3 Å². The molecule has 0 bridgehead atoms. The third kappa shape index (κ3) is 2.87. The third-order valence-electron chi connectivity index (χ3n) is 3.01. The molecule has 0 saturated heterocycles. The van der Waals surface area contributed by atoms with Crippen LogP contribution in [0.15, 0.2) is 62.6 Å². The molecular formula is C16H15N3OS. The van der Waals surface area contributed by atoms with E-state index in [1.165, 1.54) is 16.9 Å². The molecular weight excluding hydrogens is 282 g/mol. The molecule has 0 spiro atoms. The molecule has 4 nitrogen and oxygen atoms in total. The molecule has 0 saturated carbocycles. The molecule has 0 aliphatic carbocycles. The normalized spacial score (nSPS) is 12.4. The number of benzene rings is 1. The van der Waals surface area contributed by atoms with Gasteiger partial charge < -0.3 is 4.42 Å². The minimum Gasteiger partial charge on any atom is -0.463 e. The van der Waals surface area contributed by atoms with Crippen LogP contribution in [-0.4, -0.2) is 17.9 Å². The highest BCUT2D eigenvalue weighted by molar-refractivity contribution is 7.07. The maximum Gasteiger partial charge on any atom is 0.206 e. The first kappa shape index (κ1) is 13.6. The molecule has 2 heterocycles. The Morgan fingerprint density at radius 1 is 1.24 bits per heavy atom. The lowest BCUT2D eigenvalue weighted by atomic mass is 10.2. The van der Waals surface area contributed by atoms with Gasteiger partial charge in [-0.25, -0.2) is 4.68 Å². The summed E-state index contributed by atoms with van der Waals surface area (Å²) in [5, 5.41) is 6.55. The lowest BCUT2D eigenvalue weighted by molar-refractivity contribution is 0.575. The molecule has 21 heavy (non-hydrogen) atoms. The van der Waals surface area contributed by atoms with Crippen LogP contribution in [0.3, 0.4) is 0 Å². The van der Waals surface area contributed by atoms with Crippen LogP contribution < -0.4 is 4.80 Å². The van der Waals surface area contributed by atoms with Gasteiger partial charge >= 0.3 is 0 Å². The number of nitrogens with zero attached hydrogens (tertiary/aromatic N) is 3. The van der Waals surface area contributed by atoms with Crippen molar-refractivity contribution < 1.29 is 4.42 Å². The standard InChI is InChI=1S/C16H15N3OS/c1-12-5-3-6-13(9-12)10-18-19-14(11-21-16(19)17-2)15-7-4-8-20-15/h3-11H,1-2H3. The minimum absolute atomic E-state index is 0.780. The van der Waals surface area contributed by atoms with E-state index in [1.54, 1.807) is 18.0 Å². The van der Waals surface area contributed by atoms with E-state index < -0.39 is 0 Å². The van der Waals surface area contributed by atoms with Crippen molar-refractivity contribution in [2.75, 3.05) is 7.05 Å². The summed E-state index contributed by atoms with van der Waals surface area (Å²) >= 11 is 1.54. The van der Waals surface area contributed by atoms with Crippen molar-refractivity contribution in [2.45, 2.75) is 6.92 Å². The Labute approximate surface area is 126 Å². The van der Waals surface area contributed by atoms with Crippen LogP contribution in [0.5, 0.6) is 0 Å². The van der Waals surface area contributed by atoms with Gasteiger partial charge in [0, 0.05) is 12.4 Å². The quantitative estimate of drug-likeness (QED) is 0.682. The lowest BCUT2D eigenvalue weighted by Gasteiger charge is -2.00. The zero-order valence-electron chi connectivity index (χ0n) is 11.9. The van der Waals surface area contributed by atoms with Gasteiger partial charge in [0.2, 0.25) is 4.80 Å². The van der Waals surface area contributed by atoms with Crippen LogP contribution in [-0.2, 0) is 0 Å². The first-order valence-electron chi connectivity index (χ1n) is 6.56. The van der Waals surface area contributed by atoms with Gasteiger partial charge in [-0.1, -0.05) is 29.8 Å². The SMILES string of the molecule is CN=c1scc(-c2ccco2)n1N=Cc1cccc(C)c1. The topological polar surface area (TPSA) is 42.8 Å². The van der Waals surface area contributed by atoms with Crippen LogP contribution in [0.2, 0.25) is 0 Å². The Hall–Kier alpha value is -2.40. The summed E-state index contributed by atoms with van der Waals surface area (Å²) in [5.41, 5.74) is 3.16. The van der Waals surface area contributed by atoms with E-state index in [-0.39, 0.29) is 0 Å². The lowest BCUT2D eigenvalue weighted by Crippen LogP contribution is -2.11. The molecule has 0 aliphatic rings. The summed E-state index contributed by atoms with van der Waals surface area (Å²) < 4.78 is 7.26. The smallest absolute Gasteiger partial charge is 0.206 e. The monoisotopic (exact) mass is 297 g/mol. The average Bonchev–Trinajstić information content (AvgIpc) is 3.13. The first-order valence-corrected chi connectivity index (χ1v) is 7.44. The zero-order chi connectivity index (χ0) is 14.7. The van der Waals surface area contributed by atoms with Gasteiger partial charge in [0.1, 0.15) is 5.69 Å². The molecule has 0 fully saturated rings. The Balaban J connectivity index is 2.04. The largest absolute Gasteiger partial charge is 0.463 e. The number of aromatic nitrogens is 1. The second-order valence-corrected chi connectivity index (χ2v) is 5.41.